The third-order valence-electron chi connectivity index (χ3n) is 9.13. The van der Waals surface area contributed by atoms with Crippen molar-refractivity contribution in [3.63, 3.8) is 0 Å². The first-order chi connectivity index (χ1) is 25.2. The average Bonchev–Trinajstić information content (AvgIpc) is 3.10. The molecule has 0 heterocycles. The first-order valence-corrected chi connectivity index (χ1v) is 22.3. The Hall–Kier alpha value is -1.37. The minimum absolute atomic E-state index is 0. The SMILES string of the molecule is CCCCCCCC/C=C\CCCCCCCC(=O)NCCCN(C)C.CCCCCCCC/C=C\CCCCCCCC(N)=O.CCCN(C)C.Cl. The topological polar surface area (TPSA) is 78.7 Å². The second kappa shape index (κ2) is 52.7. The van der Waals surface area contributed by atoms with Crippen LogP contribution in [0.15, 0.2) is 24.3 Å². The molecule has 0 aromatic carbocycles. The van der Waals surface area contributed by atoms with E-state index < -0.39 is 0 Å². The second-order valence-electron chi connectivity index (χ2n) is 15.4. The fraction of sp³-hybridized carbons (Fsp3) is 0.870. The van der Waals surface area contributed by atoms with Gasteiger partial charge in [-0.05, 0) is 118 Å². The number of halogens is 1. The maximum atomic E-state index is 11.7. The Kier molecular flexibility index (Phi) is 58.0. The van der Waals surface area contributed by atoms with E-state index in [1.165, 1.54) is 161 Å². The lowest BCUT2D eigenvalue weighted by Crippen LogP contribution is -2.26. The minimum Gasteiger partial charge on any atom is -0.370 e. The van der Waals surface area contributed by atoms with Crippen LogP contribution in [0.2, 0.25) is 0 Å². The largest absolute Gasteiger partial charge is 0.370 e. The average molecular weight is 772 g/mol. The predicted molar refractivity (Wildman–Crippen MR) is 240 cm³/mol. The molecule has 0 fully saturated rings. The van der Waals surface area contributed by atoms with E-state index >= 15 is 0 Å². The van der Waals surface area contributed by atoms with Crippen LogP contribution in [0.3, 0.4) is 0 Å². The van der Waals surface area contributed by atoms with Crippen LogP contribution >= 0.6 is 12.4 Å². The number of carbonyl (C=O) groups excluding carboxylic acids is 2. The molecule has 7 heteroatoms. The minimum atomic E-state index is -0.164. The molecule has 3 N–H and O–H groups in total. The maximum Gasteiger partial charge on any atom is 0.219 e. The summed E-state index contributed by atoms with van der Waals surface area (Å²) in [5.74, 6) is 0.0593. The Balaban J connectivity index is -0.000000394. The molecule has 53 heavy (non-hydrogen) atoms. The number of nitrogens with two attached hydrogens (primary N) is 1. The van der Waals surface area contributed by atoms with Gasteiger partial charge in [0.15, 0.2) is 0 Å². The number of hydrogen-bond donors (Lipinski definition) is 2. The first kappa shape index (κ1) is 58.3. The second-order valence-corrected chi connectivity index (χ2v) is 15.4. The van der Waals surface area contributed by atoms with Gasteiger partial charge in [0.05, 0.1) is 0 Å². The molecule has 0 aromatic rings. The van der Waals surface area contributed by atoms with Gasteiger partial charge in [-0.3, -0.25) is 9.59 Å². The van der Waals surface area contributed by atoms with E-state index in [2.05, 4.69) is 88.4 Å². The van der Waals surface area contributed by atoms with Crippen LogP contribution in [0.1, 0.15) is 213 Å². The number of primary amides is 1. The summed E-state index contributed by atoms with van der Waals surface area (Å²) >= 11 is 0. The lowest BCUT2D eigenvalue weighted by atomic mass is 10.1. The first-order valence-electron chi connectivity index (χ1n) is 22.3. The molecule has 318 valence electrons. The van der Waals surface area contributed by atoms with Crippen molar-refractivity contribution in [2.24, 2.45) is 5.73 Å². The molecular formula is C46H95ClN4O2. The van der Waals surface area contributed by atoms with Crippen LogP contribution in [0, 0.1) is 0 Å². The molecule has 0 aliphatic carbocycles. The standard InChI is InChI=1S/C23H46N2O.C18H35NO.C5H13N.ClH/c1-4-5-6-7-8-9-10-11-12-13-14-15-16-17-18-20-23(26)24-21-19-22-25(2)3;1-2-3-4-5-6-7-8-9-10-11-12-13-14-15-16-17-18(19)20;1-4-5-6(2)3;/h11-12H,4-10,13-22H2,1-3H3,(H,24,26);9-10H,2-8,11-17H2,1H3,(H2,19,20);4-5H2,1-3H3;1H/b12-11-;10-9-;;. The van der Waals surface area contributed by atoms with E-state index in [4.69, 9.17) is 5.73 Å². The molecule has 0 aliphatic rings. The summed E-state index contributed by atoms with van der Waals surface area (Å²) in [6.45, 7) is 9.77. The summed E-state index contributed by atoms with van der Waals surface area (Å²) in [6.07, 6.45) is 46.5. The van der Waals surface area contributed by atoms with Crippen molar-refractivity contribution in [2.45, 2.75) is 213 Å². The number of unbranched alkanes of at least 4 members (excludes halogenated alkanes) is 22. The van der Waals surface area contributed by atoms with Crippen molar-refractivity contribution >= 4 is 24.2 Å². The highest BCUT2D eigenvalue weighted by Gasteiger charge is 2.01. The van der Waals surface area contributed by atoms with Gasteiger partial charge in [-0.1, -0.05) is 148 Å². The number of amides is 2. The summed E-state index contributed by atoms with van der Waals surface area (Å²) in [6, 6.07) is 0. The molecule has 0 unspecified atom stereocenters. The van der Waals surface area contributed by atoms with Crippen molar-refractivity contribution < 1.29 is 9.59 Å². The Bertz CT molecular complexity index is 758. The summed E-state index contributed by atoms with van der Waals surface area (Å²) in [5.41, 5.74) is 5.10. The summed E-state index contributed by atoms with van der Waals surface area (Å²) in [4.78, 5) is 26.6. The molecule has 2 amide bonds. The highest BCUT2D eigenvalue weighted by Crippen LogP contribution is 2.11. The maximum absolute atomic E-state index is 11.7. The Morgan fingerprint density at radius 2 is 0.792 bits per heavy atom. The number of rotatable bonds is 36. The highest BCUT2D eigenvalue weighted by molar-refractivity contribution is 5.85. The molecule has 6 nitrogen and oxygen atoms in total. The molecule has 0 radical (unpaired) electrons. The number of carbonyl (C=O) groups is 2. The third-order valence-corrected chi connectivity index (χ3v) is 9.13. The van der Waals surface area contributed by atoms with Gasteiger partial charge in [0.2, 0.25) is 11.8 Å². The molecule has 0 saturated carbocycles. The number of hydrogen-bond acceptors (Lipinski definition) is 4. The van der Waals surface area contributed by atoms with Gasteiger partial charge in [-0.25, -0.2) is 0 Å². The van der Waals surface area contributed by atoms with Gasteiger partial charge in [-0.2, -0.15) is 0 Å². The summed E-state index contributed by atoms with van der Waals surface area (Å²) in [5, 5.41) is 3.01. The van der Waals surface area contributed by atoms with Crippen molar-refractivity contribution in [3.8, 4) is 0 Å². The van der Waals surface area contributed by atoms with Crippen molar-refractivity contribution in [3.05, 3.63) is 24.3 Å². The van der Waals surface area contributed by atoms with Gasteiger partial charge >= 0.3 is 0 Å². The van der Waals surface area contributed by atoms with Crippen LogP contribution in [-0.2, 0) is 9.59 Å². The Morgan fingerprint density at radius 1 is 0.453 bits per heavy atom. The fourth-order valence-electron chi connectivity index (χ4n) is 5.88. The molecular weight excluding hydrogens is 676 g/mol. The Labute approximate surface area is 339 Å². The lowest BCUT2D eigenvalue weighted by molar-refractivity contribution is -0.121. The van der Waals surface area contributed by atoms with E-state index in [1.54, 1.807) is 0 Å². The van der Waals surface area contributed by atoms with Gasteiger partial charge < -0.3 is 20.9 Å². The quantitative estimate of drug-likeness (QED) is 0.0491. The van der Waals surface area contributed by atoms with Crippen molar-refractivity contribution in [1.29, 1.82) is 0 Å². The molecule has 0 spiro atoms. The molecule has 0 aromatic heterocycles. The van der Waals surface area contributed by atoms with Gasteiger partial charge in [0, 0.05) is 19.4 Å². The molecule has 0 atom stereocenters. The zero-order valence-electron chi connectivity index (χ0n) is 36.8. The van der Waals surface area contributed by atoms with Crippen LogP contribution in [0.4, 0.5) is 0 Å². The molecule has 0 rings (SSSR count). The van der Waals surface area contributed by atoms with Crippen LogP contribution in [0.25, 0.3) is 0 Å². The van der Waals surface area contributed by atoms with E-state index in [0.717, 1.165) is 38.8 Å². The Morgan fingerprint density at radius 3 is 1.11 bits per heavy atom. The zero-order valence-corrected chi connectivity index (χ0v) is 37.7. The smallest absolute Gasteiger partial charge is 0.219 e. The molecule has 0 bridgehead atoms. The van der Waals surface area contributed by atoms with E-state index in [-0.39, 0.29) is 24.2 Å². The lowest BCUT2D eigenvalue weighted by Gasteiger charge is -2.09. The molecule has 0 saturated heterocycles. The van der Waals surface area contributed by atoms with E-state index in [0.29, 0.717) is 12.8 Å². The number of nitrogens with one attached hydrogen (secondary N) is 1. The third kappa shape index (κ3) is 65.9. The predicted octanol–water partition coefficient (Wildman–Crippen LogP) is 13.0. The zero-order chi connectivity index (χ0) is 39.2. The highest BCUT2D eigenvalue weighted by atomic mass is 35.5. The van der Waals surface area contributed by atoms with Gasteiger partial charge in [0.1, 0.15) is 0 Å². The van der Waals surface area contributed by atoms with E-state index in [1.807, 2.05) is 0 Å². The van der Waals surface area contributed by atoms with Crippen LogP contribution in [-0.4, -0.2) is 69.4 Å². The number of allylic oxidation sites excluding steroid dienone is 4. The fourth-order valence-corrected chi connectivity index (χ4v) is 5.88. The normalized spacial score (nSPS) is 11.0. The van der Waals surface area contributed by atoms with Crippen molar-refractivity contribution in [1.82, 2.24) is 15.1 Å². The van der Waals surface area contributed by atoms with Crippen molar-refractivity contribution in [2.75, 3.05) is 47.8 Å². The monoisotopic (exact) mass is 771 g/mol. The van der Waals surface area contributed by atoms with Gasteiger partial charge in [0.25, 0.3) is 0 Å². The molecule has 0 aliphatic heterocycles. The van der Waals surface area contributed by atoms with E-state index in [9.17, 15) is 9.59 Å². The van der Waals surface area contributed by atoms with Crippen LogP contribution < -0.4 is 11.1 Å². The summed E-state index contributed by atoms with van der Waals surface area (Å²) in [7, 11) is 8.30. The number of nitrogens with zero attached hydrogens (tertiary/aromatic N) is 2. The van der Waals surface area contributed by atoms with Gasteiger partial charge in [-0.15, -0.1) is 12.4 Å². The van der Waals surface area contributed by atoms with Crippen LogP contribution in [0.5, 0.6) is 0 Å². The summed E-state index contributed by atoms with van der Waals surface area (Å²) < 4.78 is 0.